The number of carbonyl (C=O) groups is 1. The van der Waals surface area contributed by atoms with Crippen LogP contribution in [0.3, 0.4) is 0 Å². The van der Waals surface area contributed by atoms with Crippen molar-refractivity contribution in [2.24, 2.45) is 0 Å². The van der Waals surface area contributed by atoms with Gasteiger partial charge in [-0.15, -0.1) is 0 Å². The Labute approximate surface area is 134 Å². The van der Waals surface area contributed by atoms with E-state index in [9.17, 15) is 4.79 Å². The molecule has 22 heavy (non-hydrogen) atoms. The van der Waals surface area contributed by atoms with E-state index in [1.54, 1.807) is 18.7 Å². The third-order valence-corrected chi connectivity index (χ3v) is 3.73. The molecule has 0 fully saturated rings. The summed E-state index contributed by atoms with van der Waals surface area (Å²) >= 11 is 1.70. The molecule has 0 radical (unpaired) electrons. The number of rotatable bonds is 7. The van der Waals surface area contributed by atoms with E-state index < -0.39 is 6.09 Å². The molecule has 0 aliphatic rings. The van der Waals surface area contributed by atoms with Gasteiger partial charge in [-0.1, -0.05) is 30.0 Å². The molecule has 2 aromatic carbocycles. The van der Waals surface area contributed by atoms with Gasteiger partial charge in [-0.05, 0) is 43.3 Å². The summed E-state index contributed by atoms with van der Waals surface area (Å²) in [5, 5.41) is 2.61. The van der Waals surface area contributed by atoms with Crippen molar-refractivity contribution >= 4 is 17.9 Å². The average Bonchev–Trinajstić information content (AvgIpc) is 2.54. The molecule has 116 valence electrons. The molecule has 0 aliphatic heterocycles. The number of alkyl carbamates (subject to hydrolysis) is 1. The van der Waals surface area contributed by atoms with Crippen molar-refractivity contribution in [3.8, 4) is 5.75 Å². The third-order valence-electron chi connectivity index (χ3n) is 2.72. The zero-order valence-corrected chi connectivity index (χ0v) is 13.3. The van der Waals surface area contributed by atoms with Crippen LogP contribution in [-0.2, 0) is 4.74 Å². The normalized spacial score (nSPS) is 10.0. The fraction of sp³-hybridized carbons (Fsp3) is 0.235. The van der Waals surface area contributed by atoms with E-state index in [2.05, 4.69) is 17.4 Å². The van der Waals surface area contributed by atoms with Gasteiger partial charge in [-0.25, -0.2) is 4.79 Å². The fourth-order valence-corrected chi connectivity index (χ4v) is 2.57. The number of ether oxygens (including phenoxy) is 2. The van der Waals surface area contributed by atoms with Crippen LogP contribution >= 0.6 is 11.8 Å². The van der Waals surface area contributed by atoms with Crippen LogP contribution in [0.25, 0.3) is 0 Å². The van der Waals surface area contributed by atoms with E-state index in [0.29, 0.717) is 19.8 Å². The molecule has 0 aromatic heterocycles. The lowest BCUT2D eigenvalue weighted by atomic mass is 10.3. The Hall–Kier alpha value is -2.14. The maximum Gasteiger partial charge on any atom is 0.407 e. The number of hydrogen-bond donors (Lipinski definition) is 1. The van der Waals surface area contributed by atoms with Crippen LogP contribution in [0.4, 0.5) is 4.79 Å². The van der Waals surface area contributed by atoms with Gasteiger partial charge < -0.3 is 14.8 Å². The maximum atomic E-state index is 11.1. The minimum atomic E-state index is -0.416. The van der Waals surface area contributed by atoms with Crippen LogP contribution in [0.1, 0.15) is 6.92 Å². The fourth-order valence-electron chi connectivity index (χ4n) is 1.73. The largest absolute Gasteiger partial charge is 0.492 e. The van der Waals surface area contributed by atoms with Gasteiger partial charge in [-0.2, -0.15) is 0 Å². The number of nitrogens with one attached hydrogen (secondary N) is 1. The van der Waals surface area contributed by atoms with E-state index in [1.807, 2.05) is 42.5 Å². The van der Waals surface area contributed by atoms with Gasteiger partial charge in [-0.3, -0.25) is 0 Å². The van der Waals surface area contributed by atoms with E-state index in [1.165, 1.54) is 4.90 Å². The zero-order valence-electron chi connectivity index (χ0n) is 12.5. The molecule has 0 heterocycles. The molecule has 0 spiro atoms. The smallest absolute Gasteiger partial charge is 0.407 e. The van der Waals surface area contributed by atoms with Gasteiger partial charge in [0.15, 0.2) is 0 Å². The highest BCUT2D eigenvalue weighted by atomic mass is 32.2. The third kappa shape index (κ3) is 5.69. The predicted molar refractivity (Wildman–Crippen MR) is 87.5 cm³/mol. The monoisotopic (exact) mass is 317 g/mol. The molecule has 5 heteroatoms. The Kier molecular flexibility index (Phi) is 6.64. The van der Waals surface area contributed by atoms with E-state index >= 15 is 0 Å². The first kappa shape index (κ1) is 16.2. The lowest BCUT2D eigenvalue weighted by molar-refractivity contribution is 0.150. The highest BCUT2D eigenvalue weighted by molar-refractivity contribution is 7.99. The SMILES string of the molecule is CCOC(=O)NCCOc1ccc(Sc2ccccc2)cc1. The van der Waals surface area contributed by atoms with Crippen molar-refractivity contribution in [3.05, 3.63) is 54.6 Å². The molecule has 4 nitrogen and oxygen atoms in total. The van der Waals surface area contributed by atoms with Crippen LogP contribution in [0.5, 0.6) is 5.75 Å². The molecule has 1 N–H and O–H groups in total. The van der Waals surface area contributed by atoms with Crippen LogP contribution in [0.2, 0.25) is 0 Å². The standard InChI is InChI=1S/C17H19NO3S/c1-2-20-17(19)18-12-13-21-14-8-10-16(11-9-14)22-15-6-4-3-5-7-15/h3-11H,2,12-13H2,1H3,(H,18,19). The molecule has 0 unspecified atom stereocenters. The zero-order chi connectivity index (χ0) is 15.6. The summed E-state index contributed by atoms with van der Waals surface area (Å²) in [6.07, 6.45) is -0.416. The van der Waals surface area contributed by atoms with Crippen LogP contribution in [0, 0.1) is 0 Å². The van der Waals surface area contributed by atoms with Crippen LogP contribution in [-0.4, -0.2) is 25.9 Å². The first-order chi connectivity index (χ1) is 10.8. The van der Waals surface area contributed by atoms with Crippen LogP contribution in [0.15, 0.2) is 64.4 Å². The Bertz CT molecular complexity index is 572. The molecule has 0 bridgehead atoms. The van der Waals surface area contributed by atoms with E-state index in [0.717, 1.165) is 10.6 Å². The van der Waals surface area contributed by atoms with Gasteiger partial charge in [0.2, 0.25) is 0 Å². The highest BCUT2D eigenvalue weighted by Gasteiger charge is 2.00. The van der Waals surface area contributed by atoms with Crippen molar-refractivity contribution in [2.45, 2.75) is 16.7 Å². The quantitative estimate of drug-likeness (QED) is 0.785. The molecule has 2 aromatic rings. The molecular formula is C17H19NO3S. The summed E-state index contributed by atoms with van der Waals surface area (Å²) in [4.78, 5) is 13.4. The Morgan fingerprint density at radius 2 is 1.73 bits per heavy atom. The second-order valence-electron chi connectivity index (χ2n) is 4.38. The predicted octanol–water partition coefficient (Wildman–Crippen LogP) is 3.96. The summed E-state index contributed by atoms with van der Waals surface area (Å²) in [6, 6.07) is 18.1. The first-order valence-corrected chi connectivity index (χ1v) is 7.96. The van der Waals surface area contributed by atoms with Crippen molar-refractivity contribution < 1.29 is 14.3 Å². The van der Waals surface area contributed by atoms with Crippen molar-refractivity contribution in [1.82, 2.24) is 5.32 Å². The lowest BCUT2D eigenvalue weighted by Crippen LogP contribution is -2.28. The minimum absolute atomic E-state index is 0.368. The number of carbonyl (C=O) groups excluding carboxylic acids is 1. The summed E-state index contributed by atoms with van der Waals surface area (Å²) < 4.78 is 10.3. The Balaban J connectivity index is 1.74. The maximum absolute atomic E-state index is 11.1. The molecule has 0 aliphatic carbocycles. The summed E-state index contributed by atoms with van der Waals surface area (Å²) in [5.41, 5.74) is 0. The molecule has 0 atom stereocenters. The summed E-state index contributed by atoms with van der Waals surface area (Å²) in [7, 11) is 0. The summed E-state index contributed by atoms with van der Waals surface area (Å²) in [6.45, 7) is 2.96. The second kappa shape index (κ2) is 9.00. The summed E-state index contributed by atoms with van der Waals surface area (Å²) in [5.74, 6) is 0.781. The van der Waals surface area contributed by atoms with Gasteiger partial charge in [0.05, 0.1) is 13.2 Å². The highest BCUT2D eigenvalue weighted by Crippen LogP contribution is 2.28. The van der Waals surface area contributed by atoms with Gasteiger partial charge in [0.1, 0.15) is 12.4 Å². The minimum Gasteiger partial charge on any atom is -0.492 e. The molecule has 2 rings (SSSR count). The Morgan fingerprint density at radius 3 is 2.41 bits per heavy atom. The molecular weight excluding hydrogens is 298 g/mol. The molecule has 0 saturated heterocycles. The first-order valence-electron chi connectivity index (χ1n) is 7.14. The number of amides is 1. The van der Waals surface area contributed by atoms with E-state index in [4.69, 9.17) is 9.47 Å². The van der Waals surface area contributed by atoms with E-state index in [-0.39, 0.29) is 0 Å². The van der Waals surface area contributed by atoms with Gasteiger partial charge in [0, 0.05) is 9.79 Å². The second-order valence-corrected chi connectivity index (χ2v) is 5.53. The van der Waals surface area contributed by atoms with Gasteiger partial charge in [0.25, 0.3) is 0 Å². The van der Waals surface area contributed by atoms with Crippen molar-refractivity contribution in [3.63, 3.8) is 0 Å². The number of hydrogen-bond acceptors (Lipinski definition) is 4. The average molecular weight is 317 g/mol. The van der Waals surface area contributed by atoms with Crippen molar-refractivity contribution in [1.29, 1.82) is 0 Å². The molecule has 0 saturated carbocycles. The van der Waals surface area contributed by atoms with Gasteiger partial charge >= 0.3 is 6.09 Å². The van der Waals surface area contributed by atoms with Crippen molar-refractivity contribution in [2.75, 3.05) is 19.8 Å². The Morgan fingerprint density at radius 1 is 1.05 bits per heavy atom. The van der Waals surface area contributed by atoms with Crippen LogP contribution < -0.4 is 10.1 Å². The lowest BCUT2D eigenvalue weighted by Gasteiger charge is -2.08. The topological polar surface area (TPSA) is 47.6 Å². The molecule has 1 amide bonds. The number of benzene rings is 2.